The number of fused-ring (bicyclic) bond motifs is 1. The first kappa shape index (κ1) is 30.7. The van der Waals surface area contributed by atoms with Crippen LogP contribution in [0, 0.1) is 0 Å². The Labute approximate surface area is 230 Å². The molecule has 0 fully saturated rings. The molecule has 0 amide bonds. The lowest BCUT2D eigenvalue weighted by atomic mass is 9.89. The van der Waals surface area contributed by atoms with Gasteiger partial charge in [-0.1, -0.05) is 95.3 Å². The van der Waals surface area contributed by atoms with Crippen LogP contribution in [0.3, 0.4) is 0 Å². The molecule has 1 heterocycles. The monoisotopic (exact) mass is 515 g/mol. The summed E-state index contributed by atoms with van der Waals surface area (Å²) in [5.41, 5.74) is 5.93. The number of aliphatic hydroxyl groups is 1. The highest BCUT2D eigenvalue weighted by Gasteiger charge is 2.53. The Morgan fingerprint density at radius 3 is 2.37 bits per heavy atom. The molecular weight excluding hydrogens is 470 g/mol. The van der Waals surface area contributed by atoms with Gasteiger partial charge in [-0.25, -0.2) is 0 Å². The van der Waals surface area contributed by atoms with Crippen molar-refractivity contribution in [2.75, 3.05) is 12.0 Å². The summed E-state index contributed by atoms with van der Waals surface area (Å²) in [5, 5.41) is 11.7. The van der Waals surface area contributed by atoms with Gasteiger partial charge in [0, 0.05) is 11.8 Å². The molecule has 0 radical (unpaired) electrons. The standard InChI is InChI=1S/C30H33NO3.2C2H6/c1-5-13-22(3)34-30(32)27-19-18-26(25-16-11-8-12-17-25)29(33-4)28(27)31(30)21-20-23(6-2)24-14-9-7-10-15-24;2*1-2/h6-11,13-16,18-21,32H,5,12,17H2,1-4H3;2*1-2H3/b21-20-,22-13-,23-6+;;. The molecule has 0 spiro atoms. The molecule has 204 valence electrons. The fraction of sp³-hybridized carbons (Fsp3) is 0.353. The number of hydrogen-bond acceptors (Lipinski definition) is 4. The third kappa shape index (κ3) is 6.49. The summed E-state index contributed by atoms with van der Waals surface area (Å²) in [5.74, 6) is -0.188. The number of methoxy groups -OCH3 is 1. The van der Waals surface area contributed by atoms with E-state index in [1.165, 1.54) is 5.57 Å². The zero-order valence-corrected chi connectivity index (χ0v) is 24.4. The Hall–Kier alpha value is -3.50. The Kier molecular flexibility index (Phi) is 12.2. The van der Waals surface area contributed by atoms with Crippen LogP contribution in [0.1, 0.15) is 84.4 Å². The second-order valence-corrected chi connectivity index (χ2v) is 8.43. The fourth-order valence-electron chi connectivity index (χ4n) is 4.57. The Morgan fingerprint density at radius 2 is 1.79 bits per heavy atom. The molecule has 2 aromatic carbocycles. The minimum absolute atomic E-state index is 0.673. The van der Waals surface area contributed by atoms with Crippen molar-refractivity contribution in [1.82, 2.24) is 0 Å². The third-order valence-corrected chi connectivity index (χ3v) is 6.23. The third-order valence-electron chi connectivity index (χ3n) is 6.23. The summed E-state index contributed by atoms with van der Waals surface area (Å²) in [4.78, 5) is 1.77. The van der Waals surface area contributed by atoms with Gasteiger partial charge in [-0.15, -0.1) is 0 Å². The van der Waals surface area contributed by atoms with Gasteiger partial charge in [0.15, 0.2) is 5.75 Å². The predicted octanol–water partition coefficient (Wildman–Crippen LogP) is 9.35. The lowest BCUT2D eigenvalue weighted by Gasteiger charge is -2.49. The summed E-state index contributed by atoms with van der Waals surface area (Å²) in [6, 6.07) is 14.2. The first-order valence-electron chi connectivity index (χ1n) is 13.9. The SMILES string of the molecule is C/C=C(\C=C/N1c2c(ccc(C3=CC=CCC3)c2OC)C1(O)O/C(C)=C\CC)c1ccccc1.CC.CC. The van der Waals surface area contributed by atoms with Crippen molar-refractivity contribution in [1.29, 1.82) is 0 Å². The smallest absolute Gasteiger partial charge is 0.326 e. The molecule has 1 aliphatic heterocycles. The summed E-state index contributed by atoms with van der Waals surface area (Å²) in [6.07, 6.45) is 17.1. The lowest BCUT2D eigenvalue weighted by Crippen LogP contribution is -2.54. The maximum atomic E-state index is 11.7. The van der Waals surface area contributed by atoms with Gasteiger partial charge in [0.2, 0.25) is 0 Å². The minimum Gasteiger partial charge on any atom is -0.494 e. The zero-order valence-electron chi connectivity index (χ0n) is 24.4. The van der Waals surface area contributed by atoms with Gasteiger partial charge in [-0.3, -0.25) is 4.90 Å². The topological polar surface area (TPSA) is 41.9 Å². The molecule has 0 saturated heterocycles. The zero-order chi connectivity index (χ0) is 28.1. The molecule has 4 nitrogen and oxygen atoms in total. The molecule has 38 heavy (non-hydrogen) atoms. The van der Waals surface area contributed by atoms with Crippen LogP contribution in [-0.4, -0.2) is 12.2 Å². The average molecular weight is 516 g/mol. The molecule has 1 atom stereocenters. The van der Waals surface area contributed by atoms with E-state index in [0.717, 1.165) is 47.4 Å². The van der Waals surface area contributed by atoms with Crippen LogP contribution in [0.4, 0.5) is 5.69 Å². The number of allylic oxidation sites excluding steroid dienone is 9. The molecule has 0 saturated carbocycles. The van der Waals surface area contributed by atoms with E-state index >= 15 is 0 Å². The molecule has 0 aromatic heterocycles. The second-order valence-electron chi connectivity index (χ2n) is 8.43. The number of anilines is 1. The van der Waals surface area contributed by atoms with Crippen LogP contribution in [0.5, 0.6) is 5.75 Å². The van der Waals surface area contributed by atoms with E-state index in [-0.39, 0.29) is 0 Å². The summed E-state index contributed by atoms with van der Waals surface area (Å²) in [6.45, 7) is 13.9. The van der Waals surface area contributed by atoms with E-state index in [0.29, 0.717) is 11.3 Å². The molecule has 1 N–H and O–H groups in total. The first-order chi connectivity index (χ1) is 18.5. The van der Waals surface area contributed by atoms with Gasteiger partial charge in [0.05, 0.1) is 18.4 Å². The van der Waals surface area contributed by atoms with Crippen LogP contribution in [0.25, 0.3) is 11.1 Å². The lowest BCUT2D eigenvalue weighted by molar-refractivity contribution is -0.194. The van der Waals surface area contributed by atoms with E-state index in [2.05, 4.69) is 36.4 Å². The predicted molar refractivity (Wildman–Crippen MR) is 163 cm³/mol. The largest absolute Gasteiger partial charge is 0.494 e. The van der Waals surface area contributed by atoms with Crippen LogP contribution in [0.15, 0.2) is 90.9 Å². The second kappa shape index (κ2) is 15.0. The molecule has 4 rings (SSSR count). The van der Waals surface area contributed by atoms with Crippen molar-refractivity contribution in [3.05, 3.63) is 108 Å². The maximum Gasteiger partial charge on any atom is 0.326 e. The highest BCUT2D eigenvalue weighted by Crippen LogP contribution is 2.55. The van der Waals surface area contributed by atoms with Crippen molar-refractivity contribution in [3.8, 4) is 5.75 Å². The summed E-state index contributed by atoms with van der Waals surface area (Å²) >= 11 is 0. The van der Waals surface area contributed by atoms with Crippen LogP contribution in [0.2, 0.25) is 0 Å². The quantitative estimate of drug-likeness (QED) is 0.216. The Balaban J connectivity index is 0.00000121. The van der Waals surface area contributed by atoms with Crippen LogP contribution >= 0.6 is 0 Å². The Bertz CT molecular complexity index is 1190. The van der Waals surface area contributed by atoms with Crippen molar-refractivity contribution in [2.45, 2.75) is 73.6 Å². The van der Waals surface area contributed by atoms with Gasteiger partial charge in [0.1, 0.15) is 5.69 Å². The normalized spacial score (nSPS) is 18.3. The van der Waals surface area contributed by atoms with Crippen molar-refractivity contribution in [3.63, 3.8) is 0 Å². The highest BCUT2D eigenvalue weighted by atomic mass is 16.7. The van der Waals surface area contributed by atoms with Crippen LogP contribution < -0.4 is 9.64 Å². The highest BCUT2D eigenvalue weighted by molar-refractivity contribution is 5.86. The van der Waals surface area contributed by atoms with Crippen molar-refractivity contribution >= 4 is 16.8 Å². The van der Waals surface area contributed by atoms with Gasteiger partial charge < -0.3 is 14.6 Å². The fourth-order valence-corrected chi connectivity index (χ4v) is 4.57. The van der Waals surface area contributed by atoms with Crippen LogP contribution in [-0.2, 0) is 10.6 Å². The molecule has 1 aliphatic carbocycles. The average Bonchev–Trinajstić information content (AvgIpc) is 2.97. The van der Waals surface area contributed by atoms with Crippen molar-refractivity contribution < 1.29 is 14.6 Å². The molecule has 2 aliphatic rings. The minimum atomic E-state index is -1.61. The summed E-state index contributed by atoms with van der Waals surface area (Å²) in [7, 11) is 1.68. The van der Waals surface area contributed by atoms with E-state index in [9.17, 15) is 5.11 Å². The number of ether oxygens (including phenoxy) is 2. The molecule has 1 unspecified atom stereocenters. The van der Waals surface area contributed by atoms with E-state index in [1.807, 2.05) is 97.1 Å². The maximum absolute atomic E-state index is 11.7. The summed E-state index contributed by atoms with van der Waals surface area (Å²) < 4.78 is 12.0. The van der Waals surface area contributed by atoms with Gasteiger partial charge in [-0.05, 0) is 68.0 Å². The number of rotatable bonds is 8. The number of nitrogens with zero attached hydrogens (tertiary/aromatic N) is 1. The number of hydrogen-bond donors (Lipinski definition) is 1. The van der Waals surface area contributed by atoms with E-state index in [4.69, 9.17) is 9.47 Å². The van der Waals surface area contributed by atoms with Gasteiger partial charge in [0.25, 0.3) is 0 Å². The Morgan fingerprint density at radius 1 is 1.08 bits per heavy atom. The molecule has 2 aromatic rings. The van der Waals surface area contributed by atoms with Crippen molar-refractivity contribution in [2.24, 2.45) is 0 Å². The number of benzene rings is 2. The first-order valence-corrected chi connectivity index (χ1v) is 13.9. The molecule has 0 bridgehead atoms. The molecular formula is C34H45NO3. The van der Waals surface area contributed by atoms with E-state index < -0.39 is 5.91 Å². The van der Waals surface area contributed by atoms with Gasteiger partial charge in [-0.2, -0.15) is 0 Å². The molecule has 4 heteroatoms. The van der Waals surface area contributed by atoms with E-state index in [1.54, 1.807) is 12.0 Å². The van der Waals surface area contributed by atoms with Gasteiger partial charge >= 0.3 is 5.91 Å².